The zero-order chi connectivity index (χ0) is 13.1. The van der Waals surface area contributed by atoms with E-state index in [9.17, 15) is 0 Å². The summed E-state index contributed by atoms with van der Waals surface area (Å²) in [6.07, 6.45) is 6.25. The number of aryl methyl sites for hydroxylation is 1. The highest BCUT2D eigenvalue weighted by Gasteiger charge is 2.38. The lowest BCUT2D eigenvalue weighted by molar-refractivity contribution is -0.140. The van der Waals surface area contributed by atoms with Gasteiger partial charge in [-0.1, -0.05) is 0 Å². The summed E-state index contributed by atoms with van der Waals surface area (Å²) in [6.45, 7) is 3.39. The zero-order valence-electron chi connectivity index (χ0n) is 11.6. The molecule has 0 aromatic carbocycles. The van der Waals surface area contributed by atoms with Gasteiger partial charge in [0.15, 0.2) is 0 Å². The Morgan fingerprint density at radius 3 is 3.00 bits per heavy atom. The molecule has 2 aliphatic rings. The van der Waals surface area contributed by atoms with Crippen molar-refractivity contribution in [3.8, 4) is 0 Å². The first-order chi connectivity index (χ1) is 9.26. The van der Waals surface area contributed by atoms with Gasteiger partial charge < -0.3 is 14.8 Å². The van der Waals surface area contributed by atoms with Crippen molar-refractivity contribution in [1.29, 1.82) is 0 Å². The van der Waals surface area contributed by atoms with E-state index in [-0.39, 0.29) is 5.60 Å². The Morgan fingerprint density at radius 1 is 1.42 bits per heavy atom. The molecule has 106 valence electrons. The van der Waals surface area contributed by atoms with Crippen molar-refractivity contribution in [2.45, 2.75) is 43.9 Å². The van der Waals surface area contributed by atoms with Crippen LogP contribution in [0.15, 0.2) is 12.3 Å². The van der Waals surface area contributed by atoms with Gasteiger partial charge in [0, 0.05) is 45.7 Å². The fourth-order valence-corrected chi connectivity index (χ4v) is 3.10. The molecule has 5 heteroatoms. The van der Waals surface area contributed by atoms with Crippen LogP contribution in [0.3, 0.4) is 0 Å². The molecule has 3 rings (SSSR count). The van der Waals surface area contributed by atoms with Crippen LogP contribution in [0, 0.1) is 0 Å². The van der Waals surface area contributed by atoms with E-state index in [2.05, 4.69) is 16.5 Å². The maximum atomic E-state index is 6.05. The molecule has 3 heterocycles. The molecule has 1 spiro atoms. The summed E-state index contributed by atoms with van der Waals surface area (Å²) in [4.78, 5) is 0. The SMILES string of the molecule is Cn1ccc(CNC2CCOC3(CCOCC3)C2)n1. The Bertz CT molecular complexity index is 407. The second kappa shape index (κ2) is 5.61. The molecule has 2 aliphatic heterocycles. The van der Waals surface area contributed by atoms with Crippen LogP contribution in [0.4, 0.5) is 0 Å². The van der Waals surface area contributed by atoms with Gasteiger partial charge in [0.05, 0.1) is 11.3 Å². The lowest BCUT2D eigenvalue weighted by Gasteiger charge is -2.43. The third-order valence-corrected chi connectivity index (χ3v) is 4.24. The molecule has 5 nitrogen and oxygen atoms in total. The minimum absolute atomic E-state index is 0.0677. The van der Waals surface area contributed by atoms with Gasteiger partial charge in [0.2, 0.25) is 0 Å². The van der Waals surface area contributed by atoms with E-state index >= 15 is 0 Å². The number of hydrogen-bond donors (Lipinski definition) is 1. The van der Waals surface area contributed by atoms with Crippen molar-refractivity contribution >= 4 is 0 Å². The van der Waals surface area contributed by atoms with E-state index in [4.69, 9.17) is 9.47 Å². The first kappa shape index (κ1) is 13.1. The van der Waals surface area contributed by atoms with Crippen LogP contribution in [-0.4, -0.2) is 41.2 Å². The number of nitrogens with zero attached hydrogens (tertiary/aromatic N) is 2. The van der Waals surface area contributed by atoms with Crippen molar-refractivity contribution in [2.24, 2.45) is 7.05 Å². The normalized spacial score (nSPS) is 26.7. The number of aromatic nitrogens is 2. The average molecular weight is 265 g/mol. The van der Waals surface area contributed by atoms with Gasteiger partial charge in [-0.25, -0.2) is 0 Å². The highest BCUT2D eigenvalue weighted by molar-refractivity contribution is 4.99. The fraction of sp³-hybridized carbons (Fsp3) is 0.786. The lowest BCUT2D eigenvalue weighted by Crippen LogP contribution is -2.49. The maximum absolute atomic E-state index is 6.05. The van der Waals surface area contributed by atoms with E-state index < -0.39 is 0 Å². The molecule has 0 amide bonds. The molecule has 1 N–H and O–H groups in total. The van der Waals surface area contributed by atoms with Crippen molar-refractivity contribution in [2.75, 3.05) is 19.8 Å². The Labute approximate surface area is 114 Å². The average Bonchev–Trinajstić information content (AvgIpc) is 2.83. The Kier molecular flexibility index (Phi) is 3.86. The van der Waals surface area contributed by atoms with Crippen LogP contribution in [0.1, 0.15) is 31.4 Å². The fourth-order valence-electron chi connectivity index (χ4n) is 3.10. The molecule has 2 fully saturated rings. The van der Waals surface area contributed by atoms with Crippen LogP contribution >= 0.6 is 0 Å². The van der Waals surface area contributed by atoms with Gasteiger partial charge >= 0.3 is 0 Å². The number of rotatable bonds is 3. The minimum Gasteiger partial charge on any atom is -0.381 e. The van der Waals surface area contributed by atoms with Crippen LogP contribution in [-0.2, 0) is 23.1 Å². The number of hydrogen-bond acceptors (Lipinski definition) is 4. The molecule has 0 radical (unpaired) electrons. The van der Waals surface area contributed by atoms with E-state index in [0.29, 0.717) is 6.04 Å². The third kappa shape index (κ3) is 3.16. The predicted octanol–water partition coefficient (Wildman–Crippen LogP) is 1.24. The van der Waals surface area contributed by atoms with Crippen molar-refractivity contribution in [3.63, 3.8) is 0 Å². The quantitative estimate of drug-likeness (QED) is 0.893. The van der Waals surface area contributed by atoms with Crippen molar-refractivity contribution < 1.29 is 9.47 Å². The molecular formula is C14H23N3O2. The van der Waals surface area contributed by atoms with E-state index in [1.165, 1.54) is 0 Å². The standard InChI is InChI=1S/C14H23N3O2/c1-17-6-2-13(16-17)11-15-12-3-7-19-14(10-12)4-8-18-9-5-14/h2,6,12,15H,3-5,7-11H2,1H3. The molecule has 19 heavy (non-hydrogen) atoms. The van der Waals surface area contributed by atoms with Crippen LogP contribution in [0.5, 0.6) is 0 Å². The summed E-state index contributed by atoms with van der Waals surface area (Å²) >= 11 is 0. The molecule has 1 atom stereocenters. The van der Waals surface area contributed by atoms with Crippen LogP contribution < -0.4 is 5.32 Å². The predicted molar refractivity (Wildman–Crippen MR) is 71.8 cm³/mol. The summed E-state index contributed by atoms with van der Waals surface area (Å²) in [5.41, 5.74) is 1.17. The Morgan fingerprint density at radius 2 is 2.26 bits per heavy atom. The van der Waals surface area contributed by atoms with E-state index in [1.807, 2.05) is 17.9 Å². The first-order valence-corrected chi connectivity index (χ1v) is 7.19. The van der Waals surface area contributed by atoms with Gasteiger partial charge in [-0.3, -0.25) is 4.68 Å². The lowest BCUT2D eigenvalue weighted by atomic mass is 9.84. The highest BCUT2D eigenvalue weighted by Crippen LogP contribution is 2.34. The first-order valence-electron chi connectivity index (χ1n) is 7.19. The smallest absolute Gasteiger partial charge is 0.0762 e. The van der Waals surface area contributed by atoms with E-state index in [0.717, 1.165) is 57.7 Å². The Hall–Kier alpha value is -0.910. The maximum Gasteiger partial charge on any atom is 0.0762 e. The monoisotopic (exact) mass is 265 g/mol. The summed E-state index contributed by atoms with van der Waals surface area (Å²) in [6, 6.07) is 2.60. The molecule has 0 bridgehead atoms. The summed E-state index contributed by atoms with van der Waals surface area (Å²) in [7, 11) is 1.95. The zero-order valence-corrected chi connectivity index (χ0v) is 11.6. The topological polar surface area (TPSA) is 48.3 Å². The largest absolute Gasteiger partial charge is 0.381 e. The van der Waals surface area contributed by atoms with E-state index in [1.54, 1.807) is 0 Å². The molecule has 1 aromatic rings. The number of nitrogens with one attached hydrogen (secondary N) is 1. The highest BCUT2D eigenvalue weighted by atomic mass is 16.5. The second-order valence-corrected chi connectivity index (χ2v) is 5.70. The van der Waals surface area contributed by atoms with Gasteiger partial charge in [0.25, 0.3) is 0 Å². The van der Waals surface area contributed by atoms with Gasteiger partial charge in [-0.05, 0) is 31.7 Å². The van der Waals surface area contributed by atoms with Crippen molar-refractivity contribution in [1.82, 2.24) is 15.1 Å². The van der Waals surface area contributed by atoms with Gasteiger partial charge in [-0.2, -0.15) is 5.10 Å². The molecular weight excluding hydrogens is 242 g/mol. The third-order valence-electron chi connectivity index (χ3n) is 4.24. The summed E-state index contributed by atoms with van der Waals surface area (Å²) in [5, 5.41) is 8.03. The minimum atomic E-state index is 0.0677. The number of ether oxygens (including phenoxy) is 2. The van der Waals surface area contributed by atoms with Crippen LogP contribution in [0.2, 0.25) is 0 Å². The van der Waals surface area contributed by atoms with Crippen LogP contribution in [0.25, 0.3) is 0 Å². The molecule has 2 saturated heterocycles. The molecule has 1 unspecified atom stereocenters. The summed E-state index contributed by atoms with van der Waals surface area (Å²) in [5.74, 6) is 0. The van der Waals surface area contributed by atoms with Gasteiger partial charge in [0.1, 0.15) is 0 Å². The molecule has 0 aliphatic carbocycles. The second-order valence-electron chi connectivity index (χ2n) is 5.70. The molecule has 0 saturated carbocycles. The van der Waals surface area contributed by atoms with Crippen molar-refractivity contribution in [3.05, 3.63) is 18.0 Å². The Balaban J connectivity index is 1.53. The van der Waals surface area contributed by atoms with Gasteiger partial charge in [-0.15, -0.1) is 0 Å². The molecule has 1 aromatic heterocycles. The summed E-state index contributed by atoms with van der Waals surface area (Å²) < 4.78 is 13.4.